The summed E-state index contributed by atoms with van der Waals surface area (Å²) in [7, 11) is 0. The van der Waals surface area contributed by atoms with Crippen LogP contribution in [0.1, 0.15) is 0 Å². The predicted octanol–water partition coefficient (Wildman–Crippen LogP) is 14.2. The molecule has 0 atom stereocenters. The number of fused-ring (bicyclic) bond motifs is 10. The van der Waals surface area contributed by atoms with E-state index in [1.807, 2.05) is 60.7 Å². The highest BCUT2D eigenvalue weighted by molar-refractivity contribution is 6.26. The van der Waals surface area contributed by atoms with Crippen LogP contribution < -0.4 is 0 Å². The highest BCUT2D eigenvalue weighted by Gasteiger charge is 2.22. The first kappa shape index (κ1) is 35.2. The van der Waals surface area contributed by atoms with Gasteiger partial charge >= 0.3 is 0 Å². The third kappa shape index (κ3) is 5.48. The minimum Gasteiger partial charge on any atom is -0.309 e. The molecule has 0 bridgehead atoms. The fourth-order valence-electron chi connectivity index (χ4n) is 9.71. The van der Waals surface area contributed by atoms with Crippen molar-refractivity contribution in [2.24, 2.45) is 0 Å². The predicted molar refractivity (Wildman–Crippen MR) is 259 cm³/mol. The van der Waals surface area contributed by atoms with Crippen LogP contribution in [0.25, 0.3) is 117 Å². The summed E-state index contributed by atoms with van der Waals surface area (Å²) in [6, 6.07) is 77.4. The summed E-state index contributed by atoms with van der Waals surface area (Å²) in [4.78, 5) is 15.2. The smallest absolute Gasteiger partial charge is 0.164 e. The van der Waals surface area contributed by atoms with E-state index in [0.29, 0.717) is 17.5 Å². The van der Waals surface area contributed by atoms with Crippen molar-refractivity contribution < 1.29 is 0 Å². The van der Waals surface area contributed by atoms with Crippen molar-refractivity contribution in [2.45, 2.75) is 0 Å². The SMILES string of the molecule is c1ccc(-c2nc(-c3ccccc3)nc(-c3ccc4c5ccc(-n6c7ccccc7c7ccc8c(c9ccccc9n8-c8ccccc8)c76)cc5n(-c5ccccc5)c4c3)n2)cc1. The minimum atomic E-state index is 0.624. The van der Waals surface area contributed by atoms with Gasteiger partial charge in [0, 0.05) is 66.1 Å². The fraction of sp³-hybridized carbons (Fsp3) is 0. The second-order valence-corrected chi connectivity index (χ2v) is 16.0. The van der Waals surface area contributed by atoms with Gasteiger partial charge in [0.1, 0.15) is 0 Å². The second kappa shape index (κ2) is 14.0. The summed E-state index contributed by atoms with van der Waals surface area (Å²) in [5.41, 5.74) is 13.0. The van der Waals surface area contributed by atoms with Gasteiger partial charge in [-0.05, 0) is 60.7 Å². The molecule has 0 aliphatic heterocycles. The van der Waals surface area contributed by atoms with Crippen molar-refractivity contribution >= 4 is 65.4 Å². The number of rotatable bonds is 6. The molecule has 294 valence electrons. The van der Waals surface area contributed by atoms with Crippen molar-refractivity contribution in [1.82, 2.24) is 28.7 Å². The average Bonchev–Trinajstić information content (AvgIpc) is 4.00. The van der Waals surface area contributed by atoms with Gasteiger partial charge in [-0.15, -0.1) is 0 Å². The first-order chi connectivity index (χ1) is 31.3. The van der Waals surface area contributed by atoms with Crippen LogP contribution in [-0.2, 0) is 0 Å². The van der Waals surface area contributed by atoms with Crippen LogP contribution in [0.4, 0.5) is 0 Å². The fourth-order valence-corrected chi connectivity index (χ4v) is 9.71. The number of para-hydroxylation sites is 4. The van der Waals surface area contributed by atoms with Gasteiger partial charge in [0.05, 0.1) is 33.1 Å². The Morgan fingerprint density at radius 1 is 0.254 bits per heavy atom. The molecule has 0 aliphatic carbocycles. The van der Waals surface area contributed by atoms with Crippen molar-refractivity contribution in [2.75, 3.05) is 0 Å². The van der Waals surface area contributed by atoms with E-state index in [1.165, 1.54) is 49.0 Å². The van der Waals surface area contributed by atoms with Gasteiger partial charge in [-0.1, -0.05) is 158 Å². The maximum atomic E-state index is 5.10. The van der Waals surface area contributed by atoms with Gasteiger partial charge in [-0.3, -0.25) is 0 Å². The summed E-state index contributed by atoms with van der Waals surface area (Å²) in [6.45, 7) is 0. The van der Waals surface area contributed by atoms with Crippen LogP contribution >= 0.6 is 0 Å². The number of aromatic nitrogens is 6. The average molecular weight is 805 g/mol. The molecule has 6 nitrogen and oxygen atoms in total. The lowest BCUT2D eigenvalue weighted by atomic mass is 10.1. The van der Waals surface area contributed by atoms with Crippen LogP contribution in [0.5, 0.6) is 0 Å². The lowest BCUT2D eigenvalue weighted by molar-refractivity contribution is 1.07. The Kier molecular flexibility index (Phi) is 7.80. The summed E-state index contributed by atoms with van der Waals surface area (Å²) >= 11 is 0. The van der Waals surface area contributed by atoms with Crippen molar-refractivity contribution in [3.05, 3.63) is 218 Å². The monoisotopic (exact) mass is 804 g/mol. The van der Waals surface area contributed by atoms with Gasteiger partial charge in [0.2, 0.25) is 0 Å². The molecular formula is C57H36N6. The Bertz CT molecular complexity index is 3830. The molecule has 0 saturated heterocycles. The standard InChI is InChI=1S/C57H36N6/c1-5-17-37(18-6-1)55-58-56(38-19-7-2-8-20-38)60-57(59-55)39-29-31-44-45-32-30-42(36-52(45)62(51(44)35-39)41-23-11-4-12-24-41)63-48-27-15-13-25-43(48)46-33-34-50-53(54(46)63)47-26-14-16-28-49(47)61(50)40-21-9-3-10-22-40/h1-36H. The Morgan fingerprint density at radius 3 is 1.32 bits per heavy atom. The molecule has 0 radical (unpaired) electrons. The molecule has 0 amide bonds. The van der Waals surface area contributed by atoms with E-state index >= 15 is 0 Å². The maximum absolute atomic E-state index is 5.10. The third-order valence-electron chi connectivity index (χ3n) is 12.5. The van der Waals surface area contributed by atoms with Crippen molar-refractivity contribution in [3.63, 3.8) is 0 Å². The zero-order valence-corrected chi connectivity index (χ0v) is 34.0. The maximum Gasteiger partial charge on any atom is 0.164 e. The molecule has 6 heteroatoms. The second-order valence-electron chi connectivity index (χ2n) is 16.0. The van der Waals surface area contributed by atoms with Gasteiger partial charge in [0.15, 0.2) is 17.5 Å². The lowest BCUT2D eigenvalue weighted by Gasteiger charge is -2.12. The molecule has 4 aromatic heterocycles. The van der Waals surface area contributed by atoms with Crippen LogP contribution in [-0.4, -0.2) is 28.7 Å². The van der Waals surface area contributed by atoms with E-state index in [0.717, 1.165) is 50.2 Å². The molecule has 0 N–H and O–H groups in total. The molecule has 13 aromatic rings. The number of hydrogen-bond acceptors (Lipinski definition) is 3. The topological polar surface area (TPSA) is 53.5 Å². The molecule has 0 unspecified atom stereocenters. The summed E-state index contributed by atoms with van der Waals surface area (Å²) in [6.07, 6.45) is 0. The van der Waals surface area contributed by atoms with Gasteiger partial charge < -0.3 is 13.7 Å². The molecule has 0 fully saturated rings. The van der Waals surface area contributed by atoms with Crippen LogP contribution in [0.3, 0.4) is 0 Å². The van der Waals surface area contributed by atoms with Gasteiger partial charge in [-0.2, -0.15) is 0 Å². The van der Waals surface area contributed by atoms with E-state index in [4.69, 9.17) is 15.0 Å². The molecule has 9 aromatic carbocycles. The van der Waals surface area contributed by atoms with E-state index < -0.39 is 0 Å². The molecule has 0 saturated carbocycles. The van der Waals surface area contributed by atoms with Crippen molar-refractivity contribution in [3.8, 4) is 51.2 Å². The van der Waals surface area contributed by atoms with E-state index in [1.54, 1.807) is 0 Å². The Labute approximate surface area is 362 Å². The Morgan fingerprint density at radius 2 is 0.698 bits per heavy atom. The molecule has 4 heterocycles. The van der Waals surface area contributed by atoms with Crippen LogP contribution in [0.15, 0.2) is 218 Å². The number of hydrogen-bond donors (Lipinski definition) is 0. The van der Waals surface area contributed by atoms with E-state index in [9.17, 15) is 0 Å². The minimum absolute atomic E-state index is 0.624. The molecule has 63 heavy (non-hydrogen) atoms. The third-order valence-corrected chi connectivity index (χ3v) is 12.5. The normalized spacial score (nSPS) is 11.8. The zero-order valence-electron chi connectivity index (χ0n) is 34.0. The Balaban J connectivity index is 1.08. The largest absolute Gasteiger partial charge is 0.309 e. The molecule has 0 spiro atoms. The number of benzene rings is 9. The lowest BCUT2D eigenvalue weighted by Crippen LogP contribution is -2.00. The van der Waals surface area contributed by atoms with Gasteiger partial charge in [0.25, 0.3) is 0 Å². The molecule has 0 aliphatic rings. The Hall–Kier alpha value is -8.61. The van der Waals surface area contributed by atoms with E-state index in [-0.39, 0.29) is 0 Å². The molecular weight excluding hydrogens is 769 g/mol. The first-order valence-electron chi connectivity index (χ1n) is 21.3. The molecule has 13 rings (SSSR count). The van der Waals surface area contributed by atoms with Crippen molar-refractivity contribution in [1.29, 1.82) is 0 Å². The summed E-state index contributed by atoms with van der Waals surface area (Å²) < 4.78 is 7.27. The summed E-state index contributed by atoms with van der Waals surface area (Å²) in [5.74, 6) is 1.90. The van der Waals surface area contributed by atoms with Gasteiger partial charge in [-0.25, -0.2) is 15.0 Å². The number of nitrogens with zero attached hydrogens (tertiary/aromatic N) is 6. The van der Waals surface area contributed by atoms with Crippen LogP contribution in [0.2, 0.25) is 0 Å². The summed E-state index contributed by atoms with van der Waals surface area (Å²) in [5, 5.41) is 7.23. The highest BCUT2D eigenvalue weighted by Crippen LogP contribution is 2.43. The quantitative estimate of drug-likeness (QED) is 0.168. The highest BCUT2D eigenvalue weighted by atomic mass is 15.0. The first-order valence-corrected chi connectivity index (χ1v) is 21.3. The van der Waals surface area contributed by atoms with Crippen LogP contribution in [0, 0.1) is 0 Å². The zero-order chi connectivity index (χ0) is 41.4. The van der Waals surface area contributed by atoms with E-state index in [2.05, 4.69) is 171 Å².